The molecule has 10 heteroatoms. The van der Waals surface area contributed by atoms with E-state index in [1.807, 2.05) is 0 Å². The second kappa shape index (κ2) is 6.10. The lowest BCUT2D eigenvalue weighted by atomic mass is 10.2. The fourth-order valence-corrected chi connectivity index (χ4v) is 4.33. The number of hydrogen-bond acceptors (Lipinski definition) is 5. The molecule has 0 bridgehead atoms. The predicted molar refractivity (Wildman–Crippen MR) is 98.4 cm³/mol. The zero-order valence-electron chi connectivity index (χ0n) is 14.9. The number of hydrogen-bond donors (Lipinski definition) is 0. The molecule has 2 fully saturated rings. The van der Waals surface area contributed by atoms with Crippen molar-refractivity contribution >= 4 is 28.5 Å². The summed E-state index contributed by atoms with van der Waals surface area (Å²) in [6.07, 6.45) is 0. The van der Waals surface area contributed by atoms with E-state index in [2.05, 4.69) is 15.4 Å². The lowest BCUT2D eigenvalue weighted by Gasteiger charge is -2.17. The van der Waals surface area contributed by atoms with Crippen LogP contribution in [0.3, 0.4) is 0 Å². The molecule has 3 aromatic rings. The van der Waals surface area contributed by atoms with Gasteiger partial charge in [-0.05, 0) is 6.07 Å². The smallest absolute Gasteiger partial charge is 0.298 e. The van der Waals surface area contributed by atoms with Crippen LogP contribution in [-0.2, 0) is 11.3 Å². The normalized spacial score (nSPS) is 23.2. The lowest BCUT2D eigenvalue weighted by molar-refractivity contribution is -0.128. The Morgan fingerprint density at radius 2 is 1.96 bits per heavy atom. The van der Waals surface area contributed by atoms with Crippen LogP contribution >= 0.6 is 11.6 Å². The minimum Gasteiger partial charge on any atom is -0.342 e. The van der Waals surface area contributed by atoms with E-state index in [4.69, 9.17) is 11.6 Å². The topological polar surface area (TPSA) is 85.9 Å². The fraction of sp³-hybridized carbons (Fsp3) is 0.389. The first-order valence-corrected chi connectivity index (χ1v) is 9.34. The van der Waals surface area contributed by atoms with Crippen LogP contribution in [0.5, 0.6) is 0 Å². The number of likely N-dealkylation sites (tertiary alicyclic amines) is 1. The SMILES string of the molecule is CC(=O)N1C[C@@H]2C(n3nnc4c(Cl)n(Cc5ccccc5F)nc4c3=O)[C@@H]2C1. The summed E-state index contributed by atoms with van der Waals surface area (Å²) in [6, 6.07) is 6.24. The van der Waals surface area contributed by atoms with E-state index < -0.39 is 0 Å². The zero-order valence-corrected chi connectivity index (χ0v) is 15.7. The van der Waals surface area contributed by atoms with Gasteiger partial charge in [0.05, 0.1) is 12.6 Å². The molecule has 1 aliphatic heterocycles. The molecule has 28 heavy (non-hydrogen) atoms. The first kappa shape index (κ1) is 17.3. The monoisotopic (exact) mass is 402 g/mol. The molecule has 8 nitrogen and oxygen atoms in total. The Hall–Kier alpha value is -2.81. The zero-order chi connectivity index (χ0) is 19.6. The van der Waals surface area contributed by atoms with E-state index in [0.717, 1.165) is 0 Å². The summed E-state index contributed by atoms with van der Waals surface area (Å²) in [6.45, 7) is 2.88. The molecular formula is C18H16ClFN6O2. The summed E-state index contributed by atoms with van der Waals surface area (Å²) in [5, 5.41) is 12.6. The molecule has 2 aliphatic rings. The minimum absolute atomic E-state index is 0.0403. The third kappa shape index (κ3) is 2.53. The highest BCUT2D eigenvalue weighted by atomic mass is 35.5. The second-order valence-electron chi connectivity index (χ2n) is 7.32. The van der Waals surface area contributed by atoms with E-state index in [0.29, 0.717) is 18.7 Å². The van der Waals surface area contributed by atoms with Crippen LogP contribution in [0.1, 0.15) is 18.5 Å². The summed E-state index contributed by atoms with van der Waals surface area (Å²) >= 11 is 6.31. The number of aromatic nitrogens is 5. The van der Waals surface area contributed by atoms with Gasteiger partial charge in [0.15, 0.2) is 16.2 Å². The third-order valence-corrected chi connectivity index (χ3v) is 6.05. The van der Waals surface area contributed by atoms with Crippen LogP contribution in [0.2, 0.25) is 5.15 Å². The number of nitrogens with zero attached hydrogens (tertiary/aromatic N) is 6. The van der Waals surface area contributed by atoms with Crippen molar-refractivity contribution in [3.8, 4) is 0 Å². The van der Waals surface area contributed by atoms with Gasteiger partial charge in [0, 0.05) is 37.4 Å². The summed E-state index contributed by atoms with van der Waals surface area (Å²) in [5.74, 6) is 0.0922. The first-order chi connectivity index (χ1) is 13.5. The number of fused-ring (bicyclic) bond motifs is 2. The molecular weight excluding hydrogens is 387 g/mol. The second-order valence-corrected chi connectivity index (χ2v) is 7.68. The molecule has 144 valence electrons. The van der Waals surface area contributed by atoms with E-state index >= 15 is 0 Å². The van der Waals surface area contributed by atoms with Crippen LogP contribution in [0.4, 0.5) is 4.39 Å². The van der Waals surface area contributed by atoms with Gasteiger partial charge in [-0.2, -0.15) is 5.10 Å². The summed E-state index contributed by atoms with van der Waals surface area (Å²) in [4.78, 5) is 26.2. The van der Waals surface area contributed by atoms with Gasteiger partial charge in [0.25, 0.3) is 5.56 Å². The summed E-state index contributed by atoms with van der Waals surface area (Å²) in [7, 11) is 0. The van der Waals surface area contributed by atoms with Gasteiger partial charge < -0.3 is 4.90 Å². The van der Waals surface area contributed by atoms with Crippen LogP contribution < -0.4 is 5.56 Å². The van der Waals surface area contributed by atoms with Gasteiger partial charge in [-0.25, -0.2) is 13.8 Å². The average Bonchev–Trinajstić information content (AvgIpc) is 2.99. The highest BCUT2D eigenvalue weighted by molar-refractivity contribution is 6.33. The van der Waals surface area contributed by atoms with Gasteiger partial charge in [0.2, 0.25) is 5.91 Å². The maximum absolute atomic E-state index is 13.9. The molecule has 1 amide bonds. The van der Waals surface area contributed by atoms with Crippen molar-refractivity contribution in [2.75, 3.05) is 13.1 Å². The molecule has 5 rings (SSSR count). The number of benzene rings is 1. The van der Waals surface area contributed by atoms with Crippen molar-refractivity contribution < 1.29 is 9.18 Å². The molecule has 1 unspecified atom stereocenters. The number of amides is 1. The number of piperidine rings is 1. The van der Waals surface area contributed by atoms with Crippen LogP contribution in [0.15, 0.2) is 29.1 Å². The van der Waals surface area contributed by atoms with Crippen molar-refractivity contribution in [2.45, 2.75) is 19.5 Å². The van der Waals surface area contributed by atoms with E-state index in [1.54, 1.807) is 30.0 Å². The Balaban J connectivity index is 1.47. The molecule has 1 aromatic carbocycles. The van der Waals surface area contributed by atoms with Crippen molar-refractivity contribution in [3.05, 3.63) is 51.2 Å². The Labute approximate surface area is 163 Å². The van der Waals surface area contributed by atoms with Gasteiger partial charge in [-0.3, -0.25) is 9.59 Å². The quantitative estimate of drug-likeness (QED) is 0.662. The molecule has 1 saturated heterocycles. The van der Waals surface area contributed by atoms with Crippen molar-refractivity contribution in [1.29, 1.82) is 0 Å². The first-order valence-electron chi connectivity index (χ1n) is 8.96. The van der Waals surface area contributed by atoms with E-state index in [9.17, 15) is 14.0 Å². The number of rotatable bonds is 3. The molecule has 1 saturated carbocycles. The molecule has 0 N–H and O–H groups in total. The Kier molecular flexibility index (Phi) is 3.77. The fourth-order valence-electron chi connectivity index (χ4n) is 4.11. The predicted octanol–water partition coefficient (Wildman–Crippen LogP) is 1.48. The van der Waals surface area contributed by atoms with Gasteiger partial charge in [-0.1, -0.05) is 35.0 Å². The molecule has 3 heterocycles. The maximum Gasteiger partial charge on any atom is 0.298 e. The highest BCUT2D eigenvalue weighted by Gasteiger charge is 2.58. The Bertz CT molecular complexity index is 1160. The average molecular weight is 403 g/mol. The van der Waals surface area contributed by atoms with E-state index in [-0.39, 0.29) is 57.9 Å². The van der Waals surface area contributed by atoms with Gasteiger partial charge >= 0.3 is 0 Å². The van der Waals surface area contributed by atoms with Gasteiger partial charge in [0.1, 0.15) is 5.82 Å². The van der Waals surface area contributed by atoms with Crippen LogP contribution in [0, 0.1) is 17.7 Å². The van der Waals surface area contributed by atoms with Crippen LogP contribution in [0.25, 0.3) is 11.0 Å². The number of carbonyl (C=O) groups excluding carboxylic acids is 1. The largest absolute Gasteiger partial charge is 0.342 e. The molecule has 0 spiro atoms. The molecule has 3 atom stereocenters. The number of carbonyl (C=O) groups is 1. The summed E-state index contributed by atoms with van der Waals surface area (Å²) in [5.41, 5.74) is 0.361. The Morgan fingerprint density at radius 3 is 2.64 bits per heavy atom. The van der Waals surface area contributed by atoms with Crippen LogP contribution in [-0.4, -0.2) is 48.7 Å². The van der Waals surface area contributed by atoms with Crippen molar-refractivity contribution in [3.63, 3.8) is 0 Å². The van der Waals surface area contributed by atoms with Crippen molar-refractivity contribution in [2.24, 2.45) is 11.8 Å². The number of halogens is 2. The molecule has 0 radical (unpaired) electrons. The minimum atomic E-state index is -0.373. The molecule has 1 aliphatic carbocycles. The molecule has 2 aromatic heterocycles. The Morgan fingerprint density at radius 1 is 1.25 bits per heavy atom. The third-order valence-electron chi connectivity index (χ3n) is 5.67. The van der Waals surface area contributed by atoms with Gasteiger partial charge in [-0.15, -0.1) is 5.10 Å². The summed E-state index contributed by atoms with van der Waals surface area (Å²) < 4.78 is 16.6. The standard InChI is InChI=1S/C18H16ClFN6O2/c1-9(27)24-7-11-12(8-24)16(11)26-18(28)15-14(21-23-26)17(19)25(22-15)6-10-4-2-3-5-13(10)20/h2-5,11-12,16H,6-8H2,1H3/t11-,12+,16?. The van der Waals surface area contributed by atoms with E-state index in [1.165, 1.54) is 15.4 Å². The van der Waals surface area contributed by atoms with Crippen molar-refractivity contribution in [1.82, 2.24) is 29.7 Å². The highest BCUT2D eigenvalue weighted by Crippen LogP contribution is 2.54. The maximum atomic E-state index is 13.9. The lowest BCUT2D eigenvalue weighted by Crippen LogP contribution is -2.32.